The lowest BCUT2D eigenvalue weighted by Crippen LogP contribution is -2.43. The van der Waals surface area contributed by atoms with Crippen molar-refractivity contribution in [1.82, 2.24) is 5.32 Å². The minimum absolute atomic E-state index is 0.143. The molecular weight excluding hydrogens is 209 g/mol. The van der Waals surface area contributed by atoms with E-state index in [0.29, 0.717) is 6.54 Å². The Hall–Kier alpha value is -1.42. The number of esters is 1. The second kappa shape index (κ2) is 3.04. The van der Waals surface area contributed by atoms with Gasteiger partial charge in [-0.05, 0) is 29.7 Å². The van der Waals surface area contributed by atoms with Gasteiger partial charge in [-0.3, -0.25) is 10.1 Å². The van der Waals surface area contributed by atoms with E-state index >= 15 is 0 Å². The van der Waals surface area contributed by atoms with Gasteiger partial charge in [-0.2, -0.15) is 0 Å². The average Bonchev–Trinajstić information content (AvgIpc) is 3.03. The lowest BCUT2D eigenvalue weighted by Gasteiger charge is -2.23. The largest absolute Gasteiger partial charge is 0.468 e. The van der Waals surface area contributed by atoms with E-state index in [1.54, 1.807) is 6.07 Å². The SMILES string of the molecule is COC(=O)[C@@]12C[C@H]1c1ccc(F)cc1CN2. The molecule has 1 aliphatic heterocycles. The average molecular weight is 221 g/mol. The van der Waals surface area contributed by atoms with Crippen LogP contribution >= 0.6 is 0 Å². The number of carbonyl (C=O) groups is 1. The van der Waals surface area contributed by atoms with Crippen LogP contribution in [0.2, 0.25) is 0 Å². The third-order valence-corrected chi connectivity index (χ3v) is 3.59. The van der Waals surface area contributed by atoms with Crippen molar-refractivity contribution in [1.29, 1.82) is 0 Å². The van der Waals surface area contributed by atoms with Crippen molar-refractivity contribution in [2.45, 2.75) is 24.4 Å². The first-order valence-electron chi connectivity index (χ1n) is 5.29. The summed E-state index contributed by atoms with van der Waals surface area (Å²) in [6.45, 7) is 0.526. The maximum atomic E-state index is 13.0. The quantitative estimate of drug-likeness (QED) is 0.727. The van der Waals surface area contributed by atoms with Crippen molar-refractivity contribution in [3.63, 3.8) is 0 Å². The van der Waals surface area contributed by atoms with Gasteiger partial charge in [0, 0.05) is 12.5 Å². The predicted molar refractivity (Wildman–Crippen MR) is 55.3 cm³/mol. The Balaban J connectivity index is 1.98. The smallest absolute Gasteiger partial charge is 0.326 e. The Bertz CT molecular complexity index is 474. The molecule has 0 amide bonds. The van der Waals surface area contributed by atoms with E-state index in [2.05, 4.69) is 5.32 Å². The summed E-state index contributed by atoms with van der Waals surface area (Å²) in [5.74, 6) is -0.302. The van der Waals surface area contributed by atoms with Crippen LogP contribution in [0, 0.1) is 5.82 Å². The number of halogens is 1. The molecule has 2 atom stereocenters. The predicted octanol–water partition coefficient (Wildman–Crippen LogP) is 1.33. The summed E-state index contributed by atoms with van der Waals surface area (Å²) in [4.78, 5) is 11.6. The standard InChI is InChI=1S/C12H12FNO2/c1-16-11(15)12-5-10(12)9-3-2-8(13)4-7(9)6-14-12/h2-4,10,14H,5-6H2,1H3/t10-,12+/m0/s1. The highest BCUT2D eigenvalue weighted by molar-refractivity contribution is 5.87. The van der Waals surface area contributed by atoms with Gasteiger partial charge in [-0.1, -0.05) is 6.07 Å². The summed E-state index contributed by atoms with van der Waals surface area (Å²) in [7, 11) is 1.40. The fraction of sp³-hybridized carbons (Fsp3) is 0.417. The first kappa shape index (κ1) is 9.78. The van der Waals surface area contributed by atoms with Crippen molar-refractivity contribution in [2.24, 2.45) is 0 Å². The van der Waals surface area contributed by atoms with E-state index in [4.69, 9.17) is 4.74 Å². The molecule has 4 heteroatoms. The van der Waals surface area contributed by atoms with E-state index in [1.807, 2.05) is 0 Å². The van der Waals surface area contributed by atoms with Gasteiger partial charge in [-0.25, -0.2) is 4.39 Å². The summed E-state index contributed by atoms with van der Waals surface area (Å²) in [5, 5.41) is 3.16. The Morgan fingerprint density at radius 2 is 2.44 bits per heavy atom. The van der Waals surface area contributed by atoms with Crippen LogP contribution in [-0.2, 0) is 16.1 Å². The molecule has 84 valence electrons. The molecular formula is C12H12FNO2. The van der Waals surface area contributed by atoms with Crippen LogP contribution in [0.15, 0.2) is 18.2 Å². The molecule has 16 heavy (non-hydrogen) atoms. The number of hydrogen-bond donors (Lipinski definition) is 1. The summed E-state index contributed by atoms with van der Waals surface area (Å²) >= 11 is 0. The molecule has 1 aromatic carbocycles. The van der Waals surface area contributed by atoms with Crippen molar-refractivity contribution in [3.05, 3.63) is 35.1 Å². The van der Waals surface area contributed by atoms with E-state index in [0.717, 1.165) is 17.5 Å². The van der Waals surface area contributed by atoms with Gasteiger partial charge < -0.3 is 4.74 Å². The zero-order valence-electron chi connectivity index (χ0n) is 8.92. The molecule has 1 N–H and O–H groups in total. The number of rotatable bonds is 1. The highest BCUT2D eigenvalue weighted by Gasteiger charge is 2.63. The molecule has 0 bridgehead atoms. The lowest BCUT2D eigenvalue weighted by molar-refractivity contribution is -0.144. The molecule has 1 fully saturated rings. The molecule has 0 spiro atoms. The number of nitrogens with one attached hydrogen (secondary N) is 1. The van der Waals surface area contributed by atoms with Crippen molar-refractivity contribution >= 4 is 5.97 Å². The maximum absolute atomic E-state index is 13.0. The molecule has 1 aromatic rings. The number of carbonyl (C=O) groups excluding carboxylic acids is 1. The van der Waals surface area contributed by atoms with Gasteiger partial charge in [0.15, 0.2) is 0 Å². The molecule has 3 nitrogen and oxygen atoms in total. The second-order valence-electron chi connectivity index (χ2n) is 4.42. The van der Waals surface area contributed by atoms with Crippen LogP contribution in [0.4, 0.5) is 4.39 Å². The molecule has 3 rings (SSSR count). The lowest BCUT2D eigenvalue weighted by atomic mass is 9.96. The molecule has 1 aliphatic carbocycles. The highest BCUT2D eigenvalue weighted by atomic mass is 19.1. The fourth-order valence-electron chi connectivity index (χ4n) is 2.63. The first-order valence-corrected chi connectivity index (χ1v) is 5.29. The van der Waals surface area contributed by atoms with Gasteiger partial charge in [0.05, 0.1) is 7.11 Å². The van der Waals surface area contributed by atoms with Gasteiger partial charge in [0.1, 0.15) is 11.4 Å². The van der Waals surface area contributed by atoms with E-state index in [-0.39, 0.29) is 17.7 Å². The Labute approximate surface area is 92.6 Å². The van der Waals surface area contributed by atoms with Gasteiger partial charge in [0.2, 0.25) is 0 Å². The molecule has 0 aromatic heterocycles. The Morgan fingerprint density at radius 1 is 1.62 bits per heavy atom. The highest BCUT2D eigenvalue weighted by Crippen LogP contribution is 2.55. The van der Waals surface area contributed by atoms with E-state index in [1.165, 1.54) is 19.2 Å². The minimum atomic E-state index is -0.542. The van der Waals surface area contributed by atoms with Crippen molar-refractivity contribution in [2.75, 3.05) is 7.11 Å². The first-order chi connectivity index (χ1) is 7.67. The van der Waals surface area contributed by atoms with Crippen LogP contribution in [0.1, 0.15) is 23.5 Å². The van der Waals surface area contributed by atoms with E-state index in [9.17, 15) is 9.18 Å². The molecule has 0 radical (unpaired) electrons. The number of methoxy groups -OCH3 is 1. The Kier molecular flexibility index (Phi) is 1.86. The monoisotopic (exact) mass is 221 g/mol. The molecule has 2 aliphatic rings. The topological polar surface area (TPSA) is 38.3 Å². The van der Waals surface area contributed by atoms with Crippen LogP contribution < -0.4 is 5.32 Å². The third-order valence-electron chi connectivity index (χ3n) is 3.59. The molecule has 1 saturated carbocycles. The van der Waals surface area contributed by atoms with E-state index < -0.39 is 5.54 Å². The molecule has 0 unspecified atom stereocenters. The van der Waals surface area contributed by atoms with Crippen LogP contribution in [0.25, 0.3) is 0 Å². The van der Waals surface area contributed by atoms with Crippen LogP contribution in [0.5, 0.6) is 0 Å². The van der Waals surface area contributed by atoms with Crippen LogP contribution in [-0.4, -0.2) is 18.6 Å². The molecule has 0 saturated heterocycles. The summed E-state index contributed by atoms with van der Waals surface area (Å²) in [6, 6.07) is 4.76. The maximum Gasteiger partial charge on any atom is 0.326 e. The summed E-state index contributed by atoms with van der Waals surface area (Å²) in [6.07, 6.45) is 0.748. The number of benzene rings is 1. The minimum Gasteiger partial charge on any atom is -0.468 e. The number of fused-ring (bicyclic) bond motifs is 3. The third kappa shape index (κ3) is 1.13. The summed E-state index contributed by atoms with van der Waals surface area (Å²) in [5.41, 5.74) is 1.48. The van der Waals surface area contributed by atoms with Crippen LogP contribution in [0.3, 0.4) is 0 Å². The normalized spacial score (nSPS) is 30.2. The number of ether oxygens (including phenoxy) is 1. The fourth-order valence-corrected chi connectivity index (χ4v) is 2.63. The Morgan fingerprint density at radius 3 is 3.19 bits per heavy atom. The number of hydrogen-bond acceptors (Lipinski definition) is 3. The van der Waals surface area contributed by atoms with Gasteiger partial charge >= 0.3 is 5.97 Å². The molecule has 1 heterocycles. The summed E-state index contributed by atoms with van der Waals surface area (Å²) < 4.78 is 17.8. The zero-order valence-corrected chi connectivity index (χ0v) is 8.92. The zero-order chi connectivity index (χ0) is 11.3. The van der Waals surface area contributed by atoms with Crippen molar-refractivity contribution in [3.8, 4) is 0 Å². The van der Waals surface area contributed by atoms with Gasteiger partial charge in [-0.15, -0.1) is 0 Å². The van der Waals surface area contributed by atoms with Crippen molar-refractivity contribution < 1.29 is 13.9 Å². The van der Waals surface area contributed by atoms with Gasteiger partial charge in [0.25, 0.3) is 0 Å². The second-order valence-corrected chi connectivity index (χ2v) is 4.42.